The Kier molecular flexibility index (Phi) is 5.34. The molecular formula is C21H17N3O3S. The van der Waals surface area contributed by atoms with Crippen LogP contribution in [-0.2, 0) is 9.71 Å². The van der Waals surface area contributed by atoms with Crippen LogP contribution in [0.4, 0.5) is 5.82 Å². The molecule has 1 amide bonds. The molecule has 7 heteroatoms. The minimum absolute atomic E-state index is 0.139. The Labute approximate surface area is 163 Å². The molecule has 0 saturated carbocycles. The van der Waals surface area contributed by atoms with Gasteiger partial charge >= 0.3 is 0 Å². The van der Waals surface area contributed by atoms with Gasteiger partial charge in [0.25, 0.3) is 5.91 Å². The number of aromatic hydroxyl groups is 1. The van der Waals surface area contributed by atoms with Gasteiger partial charge in [-0.05, 0) is 48.3 Å². The summed E-state index contributed by atoms with van der Waals surface area (Å²) in [5.74, 6) is 9.08. The first kappa shape index (κ1) is 19.0. The topological polar surface area (TPSA) is 105 Å². The van der Waals surface area contributed by atoms with E-state index in [-0.39, 0.29) is 17.1 Å². The number of carbonyl (C=O) groups excluding carboxylic acids is 1. The Morgan fingerprint density at radius 1 is 1.11 bits per heavy atom. The number of nitrogens with zero attached hydrogens (tertiary/aromatic N) is 1. The number of phenolic OH excluding ortho intramolecular Hbond substituents is 1. The molecule has 0 aliphatic heterocycles. The monoisotopic (exact) mass is 391 g/mol. The quantitative estimate of drug-likeness (QED) is 0.469. The predicted molar refractivity (Wildman–Crippen MR) is 110 cm³/mol. The second-order valence-electron chi connectivity index (χ2n) is 5.87. The fraction of sp³-hybridized carbons (Fsp3) is 0. The van der Waals surface area contributed by atoms with Gasteiger partial charge in [0.05, 0.1) is 20.8 Å². The van der Waals surface area contributed by atoms with Crippen LogP contribution in [0.5, 0.6) is 5.75 Å². The first-order chi connectivity index (χ1) is 13.3. The second kappa shape index (κ2) is 7.86. The molecule has 3 aromatic rings. The molecule has 0 aliphatic rings. The molecule has 1 atom stereocenters. The van der Waals surface area contributed by atoms with E-state index in [0.717, 1.165) is 0 Å². The van der Waals surface area contributed by atoms with Crippen LogP contribution >= 0.6 is 0 Å². The smallest absolute Gasteiger partial charge is 0.264 e. The van der Waals surface area contributed by atoms with Gasteiger partial charge in [0.1, 0.15) is 11.6 Å². The number of carbonyl (C=O) groups is 1. The summed E-state index contributed by atoms with van der Waals surface area (Å²) in [7, 11) is -3.01. The second-order valence-corrected chi connectivity index (χ2v) is 7.90. The predicted octanol–water partition coefficient (Wildman–Crippen LogP) is 2.19. The minimum atomic E-state index is -3.01. The van der Waals surface area contributed by atoms with Crippen LogP contribution in [0.25, 0.3) is 0 Å². The number of nitrogens with one attached hydrogen (secondary N) is 1. The zero-order valence-electron chi connectivity index (χ0n) is 14.8. The Bertz CT molecular complexity index is 1180. The maximum atomic E-state index is 12.7. The zero-order chi connectivity index (χ0) is 20.1. The Balaban J connectivity index is 1.85. The van der Waals surface area contributed by atoms with Gasteiger partial charge in [-0.25, -0.2) is 9.19 Å². The van der Waals surface area contributed by atoms with Crippen molar-refractivity contribution in [1.82, 2.24) is 9.71 Å². The van der Waals surface area contributed by atoms with Gasteiger partial charge in [-0.1, -0.05) is 30.0 Å². The number of rotatable bonds is 3. The number of anilines is 1. The van der Waals surface area contributed by atoms with Crippen LogP contribution < -0.4 is 10.5 Å². The van der Waals surface area contributed by atoms with Crippen LogP contribution in [0.15, 0.2) is 71.8 Å². The highest BCUT2D eigenvalue weighted by molar-refractivity contribution is 7.99. The van der Waals surface area contributed by atoms with Crippen molar-refractivity contribution in [3.63, 3.8) is 0 Å². The van der Waals surface area contributed by atoms with E-state index >= 15 is 0 Å². The van der Waals surface area contributed by atoms with Crippen molar-refractivity contribution in [3.8, 4) is 17.6 Å². The van der Waals surface area contributed by atoms with Crippen LogP contribution in [0.1, 0.15) is 21.5 Å². The number of pyridine rings is 1. The number of nitrogens with two attached hydrogens (primary N) is 1. The Morgan fingerprint density at radius 3 is 2.46 bits per heavy atom. The number of amides is 1. The van der Waals surface area contributed by atoms with Crippen LogP contribution in [0.3, 0.4) is 0 Å². The van der Waals surface area contributed by atoms with E-state index in [4.69, 9.17) is 5.73 Å². The third kappa shape index (κ3) is 4.50. The third-order valence-corrected chi connectivity index (χ3v) is 5.32. The molecule has 2 aromatic carbocycles. The highest BCUT2D eigenvalue weighted by atomic mass is 32.2. The van der Waals surface area contributed by atoms with E-state index in [1.807, 2.05) is 0 Å². The first-order valence-electron chi connectivity index (χ1n) is 8.16. The minimum Gasteiger partial charge on any atom is -0.508 e. The van der Waals surface area contributed by atoms with E-state index in [1.165, 1.54) is 24.4 Å². The number of hydrogen-bond donors (Lipinski definition) is 3. The fourth-order valence-electron chi connectivity index (χ4n) is 2.29. The van der Waals surface area contributed by atoms with E-state index in [2.05, 4.69) is 27.4 Å². The molecule has 0 radical (unpaired) electrons. The molecule has 6 nitrogen and oxygen atoms in total. The van der Waals surface area contributed by atoms with Crippen molar-refractivity contribution in [2.45, 2.75) is 4.90 Å². The average Bonchev–Trinajstić information content (AvgIpc) is 2.69. The van der Waals surface area contributed by atoms with Gasteiger partial charge in [0.15, 0.2) is 0 Å². The van der Waals surface area contributed by atoms with E-state index in [0.29, 0.717) is 16.0 Å². The molecular weight excluding hydrogens is 374 g/mol. The summed E-state index contributed by atoms with van der Waals surface area (Å²) < 4.78 is 15.2. The number of phenols is 1. The Hall–Kier alpha value is -3.76. The lowest BCUT2D eigenvalue weighted by Crippen LogP contribution is -2.30. The van der Waals surface area contributed by atoms with E-state index in [1.54, 1.807) is 42.5 Å². The molecule has 1 unspecified atom stereocenters. The molecule has 0 aliphatic carbocycles. The molecule has 140 valence electrons. The van der Waals surface area contributed by atoms with Gasteiger partial charge in [0, 0.05) is 16.7 Å². The highest BCUT2D eigenvalue weighted by Gasteiger charge is 2.14. The van der Waals surface area contributed by atoms with Gasteiger partial charge in [-0.15, -0.1) is 0 Å². The molecule has 4 N–H and O–H groups in total. The average molecular weight is 391 g/mol. The van der Waals surface area contributed by atoms with Gasteiger partial charge in [0.2, 0.25) is 0 Å². The van der Waals surface area contributed by atoms with Crippen LogP contribution in [-0.4, -0.2) is 26.1 Å². The largest absolute Gasteiger partial charge is 0.508 e. The van der Waals surface area contributed by atoms with Crippen molar-refractivity contribution >= 4 is 27.3 Å². The number of aromatic nitrogens is 1. The van der Waals surface area contributed by atoms with Crippen LogP contribution in [0, 0.1) is 11.8 Å². The molecule has 1 aromatic heterocycles. The van der Waals surface area contributed by atoms with Crippen molar-refractivity contribution < 1.29 is 14.1 Å². The van der Waals surface area contributed by atoms with Crippen molar-refractivity contribution in [1.29, 1.82) is 0 Å². The molecule has 0 saturated heterocycles. The van der Waals surface area contributed by atoms with Crippen molar-refractivity contribution in [2.24, 2.45) is 0 Å². The van der Waals surface area contributed by atoms with Crippen molar-refractivity contribution in [3.05, 3.63) is 83.6 Å². The first-order valence-corrected chi connectivity index (χ1v) is 9.89. The molecule has 3 rings (SSSR count). The molecule has 0 fully saturated rings. The lowest BCUT2D eigenvalue weighted by Gasteiger charge is -2.11. The van der Waals surface area contributed by atoms with E-state index < -0.39 is 15.6 Å². The highest BCUT2D eigenvalue weighted by Crippen LogP contribution is 2.13. The molecule has 0 spiro atoms. The van der Waals surface area contributed by atoms with E-state index in [9.17, 15) is 14.1 Å². The summed E-state index contributed by atoms with van der Waals surface area (Å²) in [5, 5.41) is 9.31. The summed E-state index contributed by atoms with van der Waals surface area (Å²) in [6, 6.07) is 16.3. The molecule has 0 bridgehead atoms. The SMILES string of the molecule is C=S(=O)(NC(=O)c1cnc(N)c(C#Cc2ccc(O)cc2)c1)c1ccccc1. The molecule has 1 heterocycles. The number of nitrogen functional groups attached to an aromatic ring is 1. The zero-order valence-corrected chi connectivity index (χ0v) is 15.6. The van der Waals surface area contributed by atoms with Gasteiger partial charge in [-0.2, -0.15) is 0 Å². The summed E-state index contributed by atoms with van der Waals surface area (Å²) in [6.07, 6.45) is 1.29. The maximum Gasteiger partial charge on any atom is 0.264 e. The lowest BCUT2D eigenvalue weighted by molar-refractivity contribution is 0.0982. The van der Waals surface area contributed by atoms with Gasteiger partial charge in [-0.3, -0.25) is 9.52 Å². The summed E-state index contributed by atoms with van der Waals surface area (Å²) >= 11 is 0. The summed E-state index contributed by atoms with van der Waals surface area (Å²) in [5.41, 5.74) is 7.03. The number of hydrogen-bond acceptors (Lipinski definition) is 5. The normalized spacial score (nSPS) is 12.3. The standard InChI is InChI=1S/C21H17N3O3S/c1-28(27,19-5-3-2-4-6-19)24-21(26)17-13-16(20(22)23-14-17)10-7-15-8-11-18(25)12-9-15/h2-6,8-9,11-14,25H,1H2,(H2,22,23)(H,24,26,27). The maximum absolute atomic E-state index is 12.7. The van der Waals surface area contributed by atoms with Crippen LogP contribution in [0.2, 0.25) is 0 Å². The summed E-state index contributed by atoms with van der Waals surface area (Å²) in [6.45, 7) is 0. The molecule has 28 heavy (non-hydrogen) atoms. The fourth-order valence-corrected chi connectivity index (χ4v) is 3.42. The Morgan fingerprint density at radius 2 is 1.79 bits per heavy atom. The third-order valence-electron chi connectivity index (χ3n) is 3.77. The van der Waals surface area contributed by atoms with Gasteiger partial charge < -0.3 is 10.8 Å². The lowest BCUT2D eigenvalue weighted by atomic mass is 10.1. The number of benzene rings is 2. The summed E-state index contributed by atoms with van der Waals surface area (Å²) in [4.78, 5) is 16.9. The van der Waals surface area contributed by atoms with Crippen molar-refractivity contribution in [2.75, 3.05) is 5.73 Å².